The Morgan fingerprint density at radius 1 is 1.04 bits per heavy atom. The Morgan fingerprint density at radius 3 is 2.62 bits per heavy atom. The van der Waals surface area contributed by atoms with Crippen LogP contribution in [0, 0.1) is 5.82 Å². The minimum atomic E-state index is -0.171. The second kappa shape index (κ2) is 6.68. The minimum Gasteiger partial charge on any atom is -0.304 e. The molecule has 2 aromatic rings. The lowest BCUT2D eigenvalue weighted by atomic mass is 9.96. The highest BCUT2D eigenvalue weighted by atomic mass is 35.5. The second-order valence-electron chi connectivity index (χ2n) is 6.60. The molecule has 0 unspecified atom stereocenters. The van der Waals surface area contributed by atoms with Gasteiger partial charge in [-0.05, 0) is 54.9 Å². The molecule has 0 amide bonds. The van der Waals surface area contributed by atoms with Gasteiger partial charge in [0.05, 0.1) is 0 Å². The zero-order chi connectivity index (χ0) is 16.7. The van der Waals surface area contributed by atoms with E-state index in [1.54, 1.807) is 23.9 Å². The van der Waals surface area contributed by atoms with Crippen molar-refractivity contribution in [1.29, 1.82) is 0 Å². The van der Waals surface area contributed by atoms with Crippen LogP contribution in [0.25, 0.3) is 0 Å². The Bertz CT molecular complexity index is 759. The molecule has 2 heterocycles. The number of likely N-dealkylation sites (N-methyl/N-ethyl adjacent to an activating group) is 1. The minimum absolute atomic E-state index is 0.171. The van der Waals surface area contributed by atoms with Crippen LogP contribution in [0.4, 0.5) is 4.39 Å². The smallest absolute Gasteiger partial charge is 0.124 e. The highest BCUT2D eigenvalue weighted by Crippen LogP contribution is 2.43. The fraction of sp³-hybridized carbons (Fsp3) is 0.368. The van der Waals surface area contributed by atoms with Crippen molar-refractivity contribution in [1.82, 2.24) is 9.80 Å². The maximum absolute atomic E-state index is 13.8. The van der Waals surface area contributed by atoms with Crippen molar-refractivity contribution in [2.75, 3.05) is 33.2 Å². The van der Waals surface area contributed by atoms with Gasteiger partial charge in [-0.1, -0.05) is 29.4 Å². The summed E-state index contributed by atoms with van der Waals surface area (Å²) < 4.78 is 13.8. The summed E-state index contributed by atoms with van der Waals surface area (Å²) in [5, 5.41) is 0.767. The molecule has 0 radical (unpaired) electrons. The molecular formula is C19H20ClFN2S. The number of hydrogen-bond acceptors (Lipinski definition) is 3. The van der Waals surface area contributed by atoms with E-state index in [1.165, 1.54) is 16.0 Å². The summed E-state index contributed by atoms with van der Waals surface area (Å²) in [4.78, 5) is 7.11. The molecule has 1 atom stereocenters. The quantitative estimate of drug-likeness (QED) is 0.738. The third kappa shape index (κ3) is 3.21. The van der Waals surface area contributed by atoms with Crippen molar-refractivity contribution in [2.45, 2.75) is 22.3 Å². The van der Waals surface area contributed by atoms with Gasteiger partial charge in [0.2, 0.25) is 0 Å². The van der Waals surface area contributed by atoms with Crippen LogP contribution in [0.1, 0.15) is 17.2 Å². The molecule has 0 bridgehead atoms. The van der Waals surface area contributed by atoms with Crippen LogP contribution in [0.2, 0.25) is 5.02 Å². The van der Waals surface area contributed by atoms with E-state index in [1.807, 2.05) is 12.1 Å². The van der Waals surface area contributed by atoms with Crippen molar-refractivity contribution in [2.24, 2.45) is 0 Å². The van der Waals surface area contributed by atoms with Gasteiger partial charge in [0.1, 0.15) is 5.82 Å². The summed E-state index contributed by atoms with van der Waals surface area (Å²) in [6, 6.07) is 11.6. The normalized spacial score (nSPS) is 21.9. The van der Waals surface area contributed by atoms with Crippen LogP contribution in [0.5, 0.6) is 0 Å². The number of nitrogens with zero attached hydrogens (tertiary/aromatic N) is 2. The number of benzene rings is 2. The molecule has 2 aliphatic rings. The predicted molar refractivity (Wildman–Crippen MR) is 97.5 cm³/mol. The molecule has 4 rings (SSSR count). The highest BCUT2D eigenvalue weighted by Gasteiger charge is 2.29. The van der Waals surface area contributed by atoms with Crippen LogP contribution in [-0.2, 0) is 6.42 Å². The number of piperazine rings is 1. The molecule has 5 heteroatoms. The average molecular weight is 363 g/mol. The lowest BCUT2D eigenvalue weighted by Crippen LogP contribution is -2.46. The van der Waals surface area contributed by atoms with Gasteiger partial charge in [0, 0.05) is 47.0 Å². The molecule has 2 nitrogen and oxygen atoms in total. The van der Waals surface area contributed by atoms with Crippen LogP contribution in [-0.4, -0.2) is 43.0 Å². The van der Waals surface area contributed by atoms with Crippen molar-refractivity contribution >= 4 is 23.4 Å². The summed E-state index contributed by atoms with van der Waals surface area (Å²) in [7, 11) is 2.17. The van der Waals surface area contributed by atoms with E-state index in [4.69, 9.17) is 11.6 Å². The lowest BCUT2D eigenvalue weighted by molar-refractivity contribution is 0.110. The first-order valence-electron chi connectivity index (χ1n) is 8.28. The topological polar surface area (TPSA) is 6.48 Å². The Kier molecular flexibility index (Phi) is 4.56. The summed E-state index contributed by atoms with van der Waals surface area (Å²) in [6.07, 6.45) is 0.922. The Labute approximate surface area is 151 Å². The Morgan fingerprint density at radius 2 is 1.83 bits per heavy atom. The SMILES string of the molecule is CN1CCN([C@@H]2Cc3cc(Cl)ccc3Sc3cc(F)ccc32)CC1. The third-order valence-corrected chi connectivity index (χ3v) is 6.40. The first kappa shape index (κ1) is 16.4. The number of halogens is 2. The maximum atomic E-state index is 13.8. The number of rotatable bonds is 1. The second-order valence-corrected chi connectivity index (χ2v) is 8.12. The van der Waals surface area contributed by atoms with E-state index in [0.717, 1.165) is 42.5 Å². The molecule has 2 aromatic carbocycles. The zero-order valence-corrected chi connectivity index (χ0v) is 15.2. The first-order valence-corrected chi connectivity index (χ1v) is 9.48. The Balaban J connectivity index is 1.77. The van der Waals surface area contributed by atoms with Crippen LogP contribution in [0.15, 0.2) is 46.2 Å². The first-order chi connectivity index (χ1) is 11.6. The van der Waals surface area contributed by atoms with Gasteiger partial charge < -0.3 is 4.90 Å². The molecule has 24 heavy (non-hydrogen) atoms. The molecule has 0 aliphatic carbocycles. The van der Waals surface area contributed by atoms with E-state index >= 15 is 0 Å². The van der Waals surface area contributed by atoms with E-state index in [0.29, 0.717) is 0 Å². The lowest BCUT2D eigenvalue weighted by Gasteiger charge is -2.38. The highest BCUT2D eigenvalue weighted by molar-refractivity contribution is 7.99. The molecule has 2 aliphatic heterocycles. The van der Waals surface area contributed by atoms with Crippen molar-refractivity contribution in [3.63, 3.8) is 0 Å². The van der Waals surface area contributed by atoms with Gasteiger partial charge >= 0.3 is 0 Å². The van der Waals surface area contributed by atoms with E-state index < -0.39 is 0 Å². The molecular weight excluding hydrogens is 343 g/mol. The summed E-state index contributed by atoms with van der Waals surface area (Å²) in [6.45, 7) is 4.22. The molecule has 1 fully saturated rings. The monoisotopic (exact) mass is 362 g/mol. The fourth-order valence-corrected chi connectivity index (χ4v) is 4.91. The van der Waals surface area contributed by atoms with Gasteiger partial charge in [-0.15, -0.1) is 0 Å². The largest absolute Gasteiger partial charge is 0.304 e. The van der Waals surface area contributed by atoms with Gasteiger partial charge in [-0.25, -0.2) is 4.39 Å². The molecule has 0 aromatic heterocycles. The molecule has 0 saturated carbocycles. The van der Waals surface area contributed by atoms with Gasteiger partial charge in [0.25, 0.3) is 0 Å². The third-order valence-electron chi connectivity index (χ3n) is 4.97. The molecule has 126 valence electrons. The van der Waals surface area contributed by atoms with Crippen molar-refractivity contribution < 1.29 is 4.39 Å². The summed E-state index contributed by atoms with van der Waals surface area (Å²) >= 11 is 7.89. The van der Waals surface area contributed by atoms with Crippen LogP contribution >= 0.6 is 23.4 Å². The number of fused-ring (bicyclic) bond motifs is 2. The maximum Gasteiger partial charge on any atom is 0.124 e. The number of hydrogen-bond donors (Lipinski definition) is 0. The predicted octanol–water partition coefficient (Wildman–Crippen LogP) is 4.47. The van der Waals surface area contributed by atoms with Crippen molar-refractivity contribution in [3.8, 4) is 0 Å². The van der Waals surface area contributed by atoms with Gasteiger partial charge in [-0.2, -0.15) is 0 Å². The summed E-state index contributed by atoms with van der Waals surface area (Å²) in [5.41, 5.74) is 2.49. The zero-order valence-electron chi connectivity index (χ0n) is 13.6. The fourth-order valence-electron chi connectivity index (χ4n) is 3.58. The van der Waals surface area contributed by atoms with Crippen LogP contribution in [0.3, 0.4) is 0 Å². The molecule has 0 spiro atoms. The standard InChI is InChI=1S/C19H20ClFN2S/c1-22-6-8-23(9-7-22)17-11-13-10-14(20)2-5-18(13)24-19-12-15(21)3-4-16(17)19/h2-5,10,12,17H,6-9,11H2,1H3/t17-/m1/s1. The molecule has 0 N–H and O–H groups in total. The van der Waals surface area contributed by atoms with Gasteiger partial charge in [-0.3, -0.25) is 4.90 Å². The summed E-state index contributed by atoms with van der Waals surface area (Å²) in [5.74, 6) is -0.171. The van der Waals surface area contributed by atoms with Crippen LogP contribution < -0.4 is 0 Å². The van der Waals surface area contributed by atoms with E-state index in [2.05, 4.69) is 29.0 Å². The Hall–Kier alpha value is -1.07. The molecule has 1 saturated heterocycles. The van der Waals surface area contributed by atoms with Crippen molar-refractivity contribution in [3.05, 3.63) is 58.4 Å². The van der Waals surface area contributed by atoms with Gasteiger partial charge in [0.15, 0.2) is 0 Å². The average Bonchev–Trinajstić information content (AvgIpc) is 2.71. The van der Waals surface area contributed by atoms with E-state index in [9.17, 15) is 4.39 Å². The van der Waals surface area contributed by atoms with E-state index in [-0.39, 0.29) is 11.9 Å².